The molecule has 1 aliphatic rings. The van der Waals surface area contributed by atoms with Gasteiger partial charge >= 0.3 is 0 Å². The highest BCUT2D eigenvalue weighted by atomic mass is 32.1. The zero-order valence-electron chi connectivity index (χ0n) is 17.7. The van der Waals surface area contributed by atoms with Gasteiger partial charge in [-0.3, -0.25) is 19.5 Å². The van der Waals surface area contributed by atoms with E-state index in [0.29, 0.717) is 23.9 Å². The van der Waals surface area contributed by atoms with Crippen LogP contribution in [0.1, 0.15) is 18.7 Å². The Hall–Kier alpha value is -3.26. The third kappa shape index (κ3) is 4.59. The van der Waals surface area contributed by atoms with E-state index in [9.17, 15) is 9.59 Å². The molecule has 0 bridgehead atoms. The first kappa shape index (κ1) is 21.0. The normalized spacial score (nSPS) is 13.2. The zero-order valence-corrected chi connectivity index (χ0v) is 18.5. The third-order valence-corrected chi connectivity index (χ3v) is 5.86. The van der Waals surface area contributed by atoms with E-state index >= 15 is 0 Å². The average Bonchev–Trinajstić information content (AvgIpc) is 3.16. The van der Waals surface area contributed by atoms with Gasteiger partial charge in [0.05, 0.1) is 17.1 Å². The standard InChI is InChI=1S/C23H24N4O3S/c1-14(2)11-25-20(28)12-27-18-10-16(7-8-19(18)30-13-21(27)29)22-15(3)31-23(26-22)17-6-4-5-9-24-17/h4-10,14H,11-13H2,1-3H3,(H,25,28). The van der Waals surface area contributed by atoms with Crippen LogP contribution in [-0.2, 0) is 9.59 Å². The largest absolute Gasteiger partial charge is 0.482 e. The van der Waals surface area contributed by atoms with E-state index < -0.39 is 0 Å². The second kappa shape index (κ2) is 8.85. The number of pyridine rings is 1. The molecule has 3 heterocycles. The Labute approximate surface area is 185 Å². The Bertz CT molecular complexity index is 1110. The van der Waals surface area contributed by atoms with Gasteiger partial charge in [-0.2, -0.15) is 0 Å². The lowest BCUT2D eigenvalue weighted by atomic mass is 10.1. The van der Waals surface area contributed by atoms with Gasteiger partial charge < -0.3 is 10.1 Å². The van der Waals surface area contributed by atoms with Crippen molar-refractivity contribution in [1.29, 1.82) is 0 Å². The summed E-state index contributed by atoms with van der Waals surface area (Å²) < 4.78 is 5.59. The maximum atomic E-state index is 12.5. The van der Waals surface area contributed by atoms with E-state index in [1.807, 2.05) is 57.2 Å². The van der Waals surface area contributed by atoms with Crippen LogP contribution in [0.15, 0.2) is 42.6 Å². The van der Waals surface area contributed by atoms with Crippen LogP contribution < -0.4 is 15.0 Å². The van der Waals surface area contributed by atoms with Gasteiger partial charge in [0, 0.05) is 23.2 Å². The molecule has 0 saturated heterocycles. The monoisotopic (exact) mass is 436 g/mol. The number of aryl methyl sites for hydroxylation is 1. The van der Waals surface area contributed by atoms with Crippen LogP contribution in [0.2, 0.25) is 0 Å². The first-order chi connectivity index (χ1) is 14.9. The first-order valence-electron chi connectivity index (χ1n) is 10.2. The van der Waals surface area contributed by atoms with Crippen LogP contribution in [0.4, 0.5) is 5.69 Å². The first-order valence-corrected chi connectivity index (χ1v) is 11.0. The minimum Gasteiger partial charge on any atom is -0.482 e. The maximum absolute atomic E-state index is 12.5. The number of nitrogens with zero attached hydrogens (tertiary/aromatic N) is 3. The average molecular weight is 437 g/mol. The van der Waals surface area contributed by atoms with E-state index in [2.05, 4.69) is 10.3 Å². The summed E-state index contributed by atoms with van der Waals surface area (Å²) in [6.07, 6.45) is 1.75. The molecule has 0 saturated carbocycles. The molecule has 3 aromatic rings. The van der Waals surface area contributed by atoms with Gasteiger partial charge in [-0.15, -0.1) is 11.3 Å². The number of rotatable bonds is 6. The molecule has 1 aromatic carbocycles. The van der Waals surface area contributed by atoms with Crippen molar-refractivity contribution in [1.82, 2.24) is 15.3 Å². The van der Waals surface area contributed by atoms with E-state index in [1.165, 1.54) is 4.90 Å². The van der Waals surface area contributed by atoms with E-state index in [4.69, 9.17) is 9.72 Å². The highest BCUT2D eigenvalue weighted by Gasteiger charge is 2.28. The number of ether oxygens (including phenoxy) is 1. The molecule has 7 nitrogen and oxygen atoms in total. The van der Waals surface area contributed by atoms with Gasteiger partial charge in [-0.1, -0.05) is 19.9 Å². The van der Waals surface area contributed by atoms with Crippen LogP contribution >= 0.6 is 11.3 Å². The lowest BCUT2D eigenvalue weighted by Crippen LogP contribution is -2.45. The number of hydrogen-bond donors (Lipinski definition) is 1. The number of carbonyl (C=O) groups excluding carboxylic acids is 2. The van der Waals surface area contributed by atoms with Crippen molar-refractivity contribution in [3.05, 3.63) is 47.5 Å². The van der Waals surface area contributed by atoms with Crippen molar-refractivity contribution in [2.45, 2.75) is 20.8 Å². The number of benzene rings is 1. The van der Waals surface area contributed by atoms with Gasteiger partial charge in [0.25, 0.3) is 5.91 Å². The van der Waals surface area contributed by atoms with E-state index in [0.717, 1.165) is 26.8 Å². The number of amides is 2. The third-order valence-electron chi connectivity index (χ3n) is 4.87. The van der Waals surface area contributed by atoms with Crippen molar-refractivity contribution < 1.29 is 14.3 Å². The van der Waals surface area contributed by atoms with Crippen LogP contribution in [0.25, 0.3) is 22.0 Å². The van der Waals surface area contributed by atoms with E-state index in [-0.39, 0.29) is 25.0 Å². The van der Waals surface area contributed by atoms with Crippen molar-refractivity contribution in [2.24, 2.45) is 5.92 Å². The summed E-state index contributed by atoms with van der Waals surface area (Å²) in [5.74, 6) is 0.484. The van der Waals surface area contributed by atoms with Gasteiger partial charge in [0.2, 0.25) is 5.91 Å². The fourth-order valence-electron chi connectivity index (χ4n) is 3.30. The SMILES string of the molecule is Cc1sc(-c2ccccn2)nc1-c1ccc2c(c1)N(CC(=O)NCC(C)C)C(=O)CO2. The van der Waals surface area contributed by atoms with Crippen molar-refractivity contribution in [2.75, 3.05) is 24.6 Å². The molecular formula is C23H24N4O3S. The summed E-state index contributed by atoms with van der Waals surface area (Å²) in [5, 5.41) is 3.70. The van der Waals surface area contributed by atoms with Crippen LogP contribution in [0.5, 0.6) is 5.75 Å². The number of hydrogen-bond acceptors (Lipinski definition) is 6. The molecular weight excluding hydrogens is 412 g/mol. The molecule has 1 aliphatic heterocycles. The summed E-state index contributed by atoms with van der Waals surface area (Å²) in [5.41, 5.74) is 3.10. The predicted molar refractivity (Wildman–Crippen MR) is 121 cm³/mol. The van der Waals surface area contributed by atoms with Crippen molar-refractivity contribution in [3.8, 4) is 27.7 Å². The Morgan fingerprint density at radius 1 is 1.29 bits per heavy atom. The number of nitrogens with one attached hydrogen (secondary N) is 1. The molecule has 0 atom stereocenters. The Morgan fingerprint density at radius 3 is 2.87 bits per heavy atom. The van der Waals surface area contributed by atoms with Crippen molar-refractivity contribution in [3.63, 3.8) is 0 Å². The molecule has 31 heavy (non-hydrogen) atoms. The minimum atomic E-state index is -0.242. The predicted octanol–water partition coefficient (Wildman–Crippen LogP) is 3.68. The number of aromatic nitrogens is 2. The molecule has 0 radical (unpaired) electrons. The fourth-order valence-corrected chi connectivity index (χ4v) is 4.22. The molecule has 4 rings (SSSR count). The zero-order chi connectivity index (χ0) is 22.0. The lowest BCUT2D eigenvalue weighted by Gasteiger charge is -2.29. The summed E-state index contributed by atoms with van der Waals surface area (Å²) in [4.78, 5) is 36.6. The highest BCUT2D eigenvalue weighted by molar-refractivity contribution is 7.15. The second-order valence-corrected chi connectivity index (χ2v) is 8.99. The summed E-state index contributed by atoms with van der Waals surface area (Å²) in [6, 6.07) is 11.4. The van der Waals surface area contributed by atoms with E-state index in [1.54, 1.807) is 17.5 Å². The number of carbonyl (C=O) groups is 2. The quantitative estimate of drug-likeness (QED) is 0.637. The topological polar surface area (TPSA) is 84.4 Å². The summed E-state index contributed by atoms with van der Waals surface area (Å²) >= 11 is 1.57. The number of anilines is 1. The van der Waals surface area contributed by atoms with Crippen LogP contribution in [-0.4, -0.2) is 41.5 Å². The van der Waals surface area contributed by atoms with Gasteiger partial charge in [-0.05, 0) is 43.2 Å². The molecule has 0 unspecified atom stereocenters. The van der Waals surface area contributed by atoms with Gasteiger partial charge in [-0.25, -0.2) is 4.98 Å². The molecule has 2 amide bonds. The Balaban J connectivity index is 1.64. The molecule has 0 fully saturated rings. The summed E-state index contributed by atoms with van der Waals surface area (Å²) in [6.45, 7) is 6.51. The second-order valence-electron chi connectivity index (χ2n) is 7.79. The van der Waals surface area contributed by atoms with Crippen molar-refractivity contribution >= 4 is 28.8 Å². The Morgan fingerprint density at radius 2 is 2.13 bits per heavy atom. The Kier molecular flexibility index (Phi) is 5.99. The smallest absolute Gasteiger partial charge is 0.265 e. The number of fused-ring (bicyclic) bond motifs is 1. The highest BCUT2D eigenvalue weighted by Crippen LogP contribution is 2.38. The molecule has 8 heteroatoms. The lowest BCUT2D eigenvalue weighted by molar-refractivity contribution is -0.125. The minimum absolute atomic E-state index is 0.0411. The van der Waals surface area contributed by atoms with Gasteiger partial charge in [0.15, 0.2) is 6.61 Å². The van der Waals surface area contributed by atoms with Crippen LogP contribution in [0, 0.1) is 12.8 Å². The molecule has 160 valence electrons. The van der Waals surface area contributed by atoms with Crippen LogP contribution in [0.3, 0.4) is 0 Å². The molecule has 0 aliphatic carbocycles. The molecule has 1 N–H and O–H groups in total. The fraction of sp³-hybridized carbons (Fsp3) is 0.304. The maximum Gasteiger partial charge on any atom is 0.265 e. The number of thiazole rings is 1. The molecule has 0 spiro atoms. The molecule has 2 aromatic heterocycles. The summed E-state index contributed by atoms with van der Waals surface area (Å²) in [7, 11) is 0. The van der Waals surface area contributed by atoms with Gasteiger partial charge in [0.1, 0.15) is 17.3 Å².